The summed E-state index contributed by atoms with van der Waals surface area (Å²) in [5, 5.41) is 2.69. The highest BCUT2D eigenvalue weighted by Crippen LogP contribution is 2.23. The third-order valence-corrected chi connectivity index (χ3v) is 3.48. The molecule has 0 aliphatic heterocycles. The lowest BCUT2D eigenvalue weighted by atomic mass is 10.2. The van der Waals surface area contributed by atoms with Gasteiger partial charge in [0.2, 0.25) is 0 Å². The highest BCUT2D eigenvalue weighted by atomic mass is 16.5. The molecule has 0 aromatic heterocycles. The van der Waals surface area contributed by atoms with Crippen molar-refractivity contribution in [3.05, 3.63) is 54.1 Å². The molecule has 0 fully saturated rings. The number of ether oxygens (including phenoxy) is 3. The molecule has 138 valence electrons. The minimum atomic E-state index is -0.959. The van der Waals surface area contributed by atoms with Crippen LogP contribution in [0.4, 0.5) is 5.69 Å². The van der Waals surface area contributed by atoms with E-state index in [4.69, 9.17) is 14.2 Å². The van der Waals surface area contributed by atoms with Gasteiger partial charge < -0.3 is 19.5 Å². The highest BCUT2D eigenvalue weighted by molar-refractivity contribution is 5.98. The van der Waals surface area contributed by atoms with Crippen molar-refractivity contribution in [2.24, 2.45) is 0 Å². The van der Waals surface area contributed by atoms with Crippen LogP contribution in [0.15, 0.2) is 48.5 Å². The van der Waals surface area contributed by atoms with Crippen LogP contribution in [0, 0.1) is 0 Å². The van der Waals surface area contributed by atoms with Crippen molar-refractivity contribution in [1.29, 1.82) is 0 Å². The van der Waals surface area contributed by atoms with E-state index in [-0.39, 0.29) is 6.10 Å². The van der Waals surface area contributed by atoms with Crippen LogP contribution in [0.3, 0.4) is 0 Å². The van der Waals surface area contributed by atoms with Crippen LogP contribution in [0.2, 0.25) is 0 Å². The summed E-state index contributed by atoms with van der Waals surface area (Å²) in [4.78, 5) is 24.5. The van der Waals surface area contributed by atoms with Crippen molar-refractivity contribution in [2.75, 3.05) is 12.4 Å². The van der Waals surface area contributed by atoms with Gasteiger partial charge in [0.05, 0.1) is 24.5 Å². The van der Waals surface area contributed by atoms with Gasteiger partial charge in [0.1, 0.15) is 11.5 Å². The number of amides is 1. The van der Waals surface area contributed by atoms with E-state index in [0.29, 0.717) is 22.7 Å². The molecule has 0 aliphatic rings. The largest absolute Gasteiger partial charge is 0.495 e. The van der Waals surface area contributed by atoms with Crippen molar-refractivity contribution in [3.63, 3.8) is 0 Å². The van der Waals surface area contributed by atoms with E-state index in [1.807, 2.05) is 13.8 Å². The number of rotatable bonds is 7. The summed E-state index contributed by atoms with van der Waals surface area (Å²) >= 11 is 0. The molecule has 0 unspecified atom stereocenters. The number of hydrogen-bond donors (Lipinski definition) is 1. The predicted molar refractivity (Wildman–Crippen MR) is 98.7 cm³/mol. The fourth-order valence-corrected chi connectivity index (χ4v) is 2.21. The van der Waals surface area contributed by atoms with Gasteiger partial charge in [-0.15, -0.1) is 0 Å². The quantitative estimate of drug-likeness (QED) is 0.766. The molecule has 0 saturated carbocycles. The number of benzene rings is 2. The molecular weight excluding hydrogens is 334 g/mol. The van der Waals surface area contributed by atoms with E-state index in [1.165, 1.54) is 14.0 Å². The highest BCUT2D eigenvalue weighted by Gasteiger charge is 2.20. The number of anilines is 1. The van der Waals surface area contributed by atoms with Crippen LogP contribution >= 0.6 is 0 Å². The summed E-state index contributed by atoms with van der Waals surface area (Å²) in [6.45, 7) is 5.35. The zero-order chi connectivity index (χ0) is 19.1. The Labute approximate surface area is 153 Å². The molecule has 2 aromatic carbocycles. The lowest BCUT2D eigenvalue weighted by Crippen LogP contribution is -2.30. The molecule has 0 heterocycles. The normalized spacial score (nSPS) is 11.6. The topological polar surface area (TPSA) is 73.9 Å². The third kappa shape index (κ3) is 5.24. The average Bonchev–Trinajstić information content (AvgIpc) is 2.62. The standard InChI is InChI=1S/C20H23NO5/c1-13(2)25-16-11-9-15(10-12-16)20(23)26-14(3)19(22)21-17-7-5-6-8-18(17)24-4/h5-14H,1-4H3,(H,21,22)/t14-/m1/s1. The second kappa shape index (κ2) is 8.89. The van der Waals surface area contributed by atoms with Crippen molar-refractivity contribution < 1.29 is 23.8 Å². The molecule has 0 aliphatic carbocycles. The third-order valence-electron chi connectivity index (χ3n) is 3.48. The molecule has 0 saturated heterocycles. The number of carbonyl (C=O) groups is 2. The molecule has 0 radical (unpaired) electrons. The monoisotopic (exact) mass is 357 g/mol. The van der Waals surface area contributed by atoms with E-state index in [1.54, 1.807) is 48.5 Å². The van der Waals surface area contributed by atoms with Crippen LogP contribution < -0.4 is 14.8 Å². The van der Waals surface area contributed by atoms with E-state index in [9.17, 15) is 9.59 Å². The van der Waals surface area contributed by atoms with Crippen molar-refractivity contribution in [2.45, 2.75) is 33.0 Å². The van der Waals surface area contributed by atoms with Crippen molar-refractivity contribution in [1.82, 2.24) is 0 Å². The van der Waals surface area contributed by atoms with Gasteiger partial charge in [-0.25, -0.2) is 4.79 Å². The smallest absolute Gasteiger partial charge is 0.338 e. The fraction of sp³-hybridized carbons (Fsp3) is 0.300. The summed E-state index contributed by atoms with van der Waals surface area (Å²) in [6, 6.07) is 13.6. The Kier molecular flexibility index (Phi) is 6.60. The van der Waals surface area contributed by atoms with E-state index < -0.39 is 18.0 Å². The van der Waals surface area contributed by atoms with Gasteiger partial charge in [-0.05, 0) is 57.2 Å². The first-order chi connectivity index (χ1) is 12.4. The van der Waals surface area contributed by atoms with Crippen LogP contribution in [-0.2, 0) is 9.53 Å². The number of para-hydroxylation sites is 2. The van der Waals surface area contributed by atoms with Gasteiger partial charge in [0.15, 0.2) is 6.10 Å². The molecule has 6 nitrogen and oxygen atoms in total. The molecule has 0 bridgehead atoms. The summed E-state index contributed by atoms with van der Waals surface area (Å²) in [5.41, 5.74) is 0.858. The maximum Gasteiger partial charge on any atom is 0.338 e. The molecule has 1 amide bonds. The van der Waals surface area contributed by atoms with Crippen molar-refractivity contribution in [3.8, 4) is 11.5 Å². The Morgan fingerprint density at radius 1 is 0.962 bits per heavy atom. The Bertz CT molecular complexity index is 755. The molecular formula is C20H23NO5. The molecule has 0 spiro atoms. The number of esters is 1. The summed E-state index contributed by atoms with van der Waals surface area (Å²) in [7, 11) is 1.51. The van der Waals surface area contributed by atoms with Gasteiger partial charge in [-0.3, -0.25) is 4.79 Å². The zero-order valence-electron chi connectivity index (χ0n) is 15.3. The molecule has 1 atom stereocenters. The molecule has 26 heavy (non-hydrogen) atoms. The van der Waals surface area contributed by atoms with E-state index >= 15 is 0 Å². The van der Waals surface area contributed by atoms with Gasteiger partial charge in [0, 0.05) is 0 Å². The lowest BCUT2D eigenvalue weighted by molar-refractivity contribution is -0.123. The fourth-order valence-electron chi connectivity index (χ4n) is 2.21. The Balaban J connectivity index is 1.96. The Hall–Kier alpha value is -3.02. The van der Waals surface area contributed by atoms with Gasteiger partial charge >= 0.3 is 5.97 Å². The minimum Gasteiger partial charge on any atom is -0.495 e. The maximum atomic E-state index is 12.3. The summed E-state index contributed by atoms with van der Waals surface area (Å²) in [6.07, 6.45) is -0.912. The molecule has 2 aromatic rings. The van der Waals surface area contributed by atoms with Gasteiger partial charge in [-0.2, -0.15) is 0 Å². The van der Waals surface area contributed by atoms with Crippen LogP contribution in [0.1, 0.15) is 31.1 Å². The average molecular weight is 357 g/mol. The van der Waals surface area contributed by atoms with E-state index in [0.717, 1.165) is 0 Å². The Morgan fingerprint density at radius 3 is 2.23 bits per heavy atom. The number of nitrogens with one attached hydrogen (secondary N) is 1. The SMILES string of the molecule is COc1ccccc1NC(=O)[C@@H](C)OC(=O)c1ccc(OC(C)C)cc1. The van der Waals surface area contributed by atoms with Crippen LogP contribution in [0.5, 0.6) is 11.5 Å². The molecule has 1 N–H and O–H groups in total. The van der Waals surface area contributed by atoms with Gasteiger partial charge in [0.25, 0.3) is 5.91 Å². The first-order valence-electron chi connectivity index (χ1n) is 8.32. The van der Waals surface area contributed by atoms with Crippen molar-refractivity contribution >= 4 is 17.6 Å². The first-order valence-corrected chi connectivity index (χ1v) is 8.32. The number of methoxy groups -OCH3 is 1. The lowest BCUT2D eigenvalue weighted by Gasteiger charge is -2.15. The minimum absolute atomic E-state index is 0.0477. The first kappa shape index (κ1) is 19.3. The summed E-state index contributed by atoms with van der Waals surface area (Å²) < 4.78 is 15.9. The van der Waals surface area contributed by atoms with Gasteiger partial charge in [-0.1, -0.05) is 12.1 Å². The second-order valence-electron chi connectivity index (χ2n) is 5.93. The molecule has 6 heteroatoms. The second-order valence-corrected chi connectivity index (χ2v) is 5.93. The predicted octanol–water partition coefficient (Wildman–Crippen LogP) is 3.67. The molecule has 2 rings (SSSR count). The number of carbonyl (C=O) groups excluding carboxylic acids is 2. The Morgan fingerprint density at radius 2 is 1.62 bits per heavy atom. The van der Waals surface area contributed by atoms with E-state index in [2.05, 4.69) is 5.32 Å². The summed E-state index contributed by atoms with van der Waals surface area (Å²) in [5.74, 6) is 0.171. The van der Waals surface area contributed by atoms with Crippen LogP contribution in [-0.4, -0.2) is 31.2 Å². The maximum absolute atomic E-state index is 12.3. The van der Waals surface area contributed by atoms with Crippen LogP contribution in [0.25, 0.3) is 0 Å². The zero-order valence-corrected chi connectivity index (χ0v) is 15.3. The number of hydrogen-bond acceptors (Lipinski definition) is 5.